The minimum absolute atomic E-state index is 0.360. The summed E-state index contributed by atoms with van der Waals surface area (Å²) in [5.74, 6) is 0. The Hall–Kier alpha value is -1.37. The molecule has 0 bridgehead atoms. The minimum Gasteiger partial charge on any atom is -0.399 e. The van der Waals surface area contributed by atoms with E-state index in [-0.39, 0.29) is 11.2 Å². The number of pyridine rings is 1. The Morgan fingerprint density at radius 1 is 1.10 bits per heavy atom. The highest BCUT2D eigenvalue weighted by Gasteiger charge is 2.52. The third kappa shape index (κ3) is 2.59. The zero-order valence-corrected chi connectivity index (χ0v) is 13.3. The van der Waals surface area contributed by atoms with Gasteiger partial charge in [0.25, 0.3) is 0 Å². The summed E-state index contributed by atoms with van der Waals surface area (Å²) in [4.78, 5) is 4.05. The smallest absolute Gasteiger partial charge is 0.399 e. The van der Waals surface area contributed by atoms with Crippen molar-refractivity contribution in [3.05, 3.63) is 35.9 Å². The molecule has 7 heteroatoms. The molecule has 1 aliphatic rings. The van der Waals surface area contributed by atoms with E-state index in [0.29, 0.717) is 5.15 Å². The molecule has 1 aliphatic heterocycles. The molecule has 0 atom stereocenters. The van der Waals surface area contributed by atoms with Crippen molar-refractivity contribution in [1.82, 2.24) is 14.8 Å². The molecule has 1 saturated heterocycles. The molecule has 21 heavy (non-hydrogen) atoms. The van der Waals surface area contributed by atoms with Crippen molar-refractivity contribution < 1.29 is 9.31 Å². The van der Waals surface area contributed by atoms with Gasteiger partial charge in [0.1, 0.15) is 5.15 Å². The lowest BCUT2D eigenvalue weighted by Crippen LogP contribution is -2.41. The molecular weight excluding hydrogens is 288 g/mol. The van der Waals surface area contributed by atoms with E-state index in [1.807, 2.05) is 40.0 Å². The first-order valence-electron chi connectivity index (χ1n) is 6.81. The van der Waals surface area contributed by atoms with Gasteiger partial charge in [0.2, 0.25) is 0 Å². The van der Waals surface area contributed by atoms with Crippen LogP contribution in [0.3, 0.4) is 0 Å². The number of nitrogens with zero attached hydrogens (tertiary/aromatic N) is 3. The highest BCUT2D eigenvalue weighted by atomic mass is 35.5. The Kier molecular flexibility index (Phi) is 3.35. The first kappa shape index (κ1) is 14.6. The number of halogens is 1. The fourth-order valence-corrected chi connectivity index (χ4v) is 2.19. The fourth-order valence-electron chi connectivity index (χ4n) is 2.08. The highest BCUT2D eigenvalue weighted by molar-refractivity contribution is 6.62. The van der Waals surface area contributed by atoms with Crippen molar-refractivity contribution in [2.75, 3.05) is 0 Å². The molecule has 1 fully saturated rings. The first-order chi connectivity index (χ1) is 9.78. The summed E-state index contributed by atoms with van der Waals surface area (Å²) in [6.07, 6.45) is 5.30. The third-order valence-electron chi connectivity index (χ3n) is 4.10. The Labute approximate surface area is 129 Å². The van der Waals surface area contributed by atoms with Crippen LogP contribution in [0, 0.1) is 0 Å². The van der Waals surface area contributed by atoms with Crippen molar-refractivity contribution in [2.45, 2.75) is 38.9 Å². The Balaban J connectivity index is 1.85. The largest absolute Gasteiger partial charge is 0.498 e. The van der Waals surface area contributed by atoms with Crippen molar-refractivity contribution in [3.63, 3.8) is 0 Å². The van der Waals surface area contributed by atoms with E-state index in [1.165, 1.54) is 0 Å². The molecule has 0 aromatic carbocycles. The van der Waals surface area contributed by atoms with E-state index < -0.39 is 7.12 Å². The van der Waals surface area contributed by atoms with Gasteiger partial charge < -0.3 is 9.31 Å². The first-order valence-corrected chi connectivity index (χ1v) is 7.18. The zero-order valence-electron chi connectivity index (χ0n) is 12.5. The summed E-state index contributed by atoms with van der Waals surface area (Å²) < 4.78 is 13.7. The lowest BCUT2D eigenvalue weighted by Gasteiger charge is -2.32. The van der Waals surface area contributed by atoms with Crippen molar-refractivity contribution in [1.29, 1.82) is 0 Å². The Bertz CT molecular complexity index is 638. The van der Waals surface area contributed by atoms with Gasteiger partial charge in [-0.3, -0.25) is 0 Å². The number of aromatic nitrogens is 3. The van der Waals surface area contributed by atoms with Crippen LogP contribution in [0.1, 0.15) is 27.7 Å². The quantitative estimate of drug-likeness (QED) is 0.630. The fraction of sp³-hybridized carbons (Fsp3) is 0.429. The SMILES string of the molecule is CC1(C)OB(c2cnn(-c3ccc(Cl)nc3)c2)OC1(C)C. The lowest BCUT2D eigenvalue weighted by atomic mass is 9.82. The molecule has 0 N–H and O–H groups in total. The van der Waals surface area contributed by atoms with E-state index in [4.69, 9.17) is 20.9 Å². The van der Waals surface area contributed by atoms with Gasteiger partial charge in [0.15, 0.2) is 0 Å². The molecular formula is C14H17BClN3O2. The number of rotatable bonds is 2. The van der Waals surface area contributed by atoms with Gasteiger partial charge in [0.05, 0.1) is 23.1 Å². The van der Waals surface area contributed by atoms with Crippen LogP contribution in [0.15, 0.2) is 30.7 Å². The summed E-state index contributed by atoms with van der Waals surface area (Å²) in [5.41, 5.74) is 0.995. The predicted molar refractivity (Wildman–Crippen MR) is 82.1 cm³/mol. The summed E-state index contributed by atoms with van der Waals surface area (Å²) in [7, 11) is -0.413. The van der Waals surface area contributed by atoms with Crippen LogP contribution in [0.25, 0.3) is 5.69 Å². The van der Waals surface area contributed by atoms with Gasteiger partial charge in [-0.05, 0) is 39.8 Å². The average molecular weight is 306 g/mol. The molecule has 0 saturated carbocycles. The van der Waals surface area contributed by atoms with E-state index in [0.717, 1.165) is 11.2 Å². The summed E-state index contributed by atoms with van der Waals surface area (Å²) >= 11 is 5.79. The molecule has 2 aromatic rings. The number of hydrogen-bond acceptors (Lipinski definition) is 4. The minimum atomic E-state index is -0.413. The van der Waals surface area contributed by atoms with Crippen LogP contribution >= 0.6 is 11.6 Å². The molecule has 0 aliphatic carbocycles. The van der Waals surface area contributed by atoms with Gasteiger partial charge >= 0.3 is 7.12 Å². The summed E-state index contributed by atoms with van der Waals surface area (Å²) in [6, 6.07) is 3.59. The predicted octanol–water partition coefficient (Wildman–Crippen LogP) is 2.22. The second-order valence-corrected chi connectivity index (χ2v) is 6.53. The Morgan fingerprint density at radius 3 is 2.33 bits per heavy atom. The maximum Gasteiger partial charge on any atom is 0.498 e. The van der Waals surface area contributed by atoms with Crippen LogP contribution in [0.5, 0.6) is 0 Å². The summed E-state index contributed by atoms with van der Waals surface area (Å²) in [6.45, 7) is 8.11. The zero-order chi connectivity index (χ0) is 15.3. The van der Waals surface area contributed by atoms with Gasteiger partial charge in [-0.25, -0.2) is 9.67 Å². The molecule has 5 nitrogen and oxygen atoms in total. The van der Waals surface area contributed by atoms with Crippen LogP contribution in [0.4, 0.5) is 0 Å². The maximum atomic E-state index is 6.01. The van der Waals surface area contributed by atoms with Crippen molar-refractivity contribution in [2.24, 2.45) is 0 Å². The normalized spacial score (nSPS) is 20.0. The second-order valence-electron chi connectivity index (χ2n) is 6.15. The van der Waals surface area contributed by atoms with Crippen LogP contribution in [-0.2, 0) is 9.31 Å². The van der Waals surface area contributed by atoms with Crippen molar-refractivity contribution in [3.8, 4) is 5.69 Å². The molecule has 0 radical (unpaired) electrons. The highest BCUT2D eigenvalue weighted by Crippen LogP contribution is 2.36. The van der Waals surface area contributed by atoms with Gasteiger partial charge in [-0.1, -0.05) is 11.6 Å². The van der Waals surface area contributed by atoms with E-state index in [1.54, 1.807) is 23.1 Å². The number of hydrogen-bond donors (Lipinski definition) is 0. The summed E-state index contributed by atoms with van der Waals surface area (Å²) in [5, 5.41) is 4.79. The van der Waals surface area contributed by atoms with Gasteiger partial charge in [0, 0.05) is 17.9 Å². The maximum absolute atomic E-state index is 6.01. The van der Waals surface area contributed by atoms with Crippen LogP contribution in [-0.4, -0.2) is 33.1 Å². The third-order valence-corrected chi connectivity index (χ3v) is 4.33. The molecule has 2 aromatic heterocycles. The molecule has 0 spiro atoms. The molecule has 110 valence electrons. The Morgan fingerprint density at radius 2 is 1.76 bits per heavy atom. The van der Waals surface area contributed by atoms with Crippen LogP contribution in [0.2, 0.25) is 5.15 Å². The average Bonchev–Trinajstić information content (AvgIpc) is 2.94. The standard InChI is InChI=1S/C14H17BClN3O2/c1-13(2)14(3,4)21-15(20-13)10-7-18-19(9-10)11-5-6-12(16)17-8-11/h5-9H,1-4H3. The molecule has 0 unspecified atom stereocenters. The monoisotopic (exact) mass is 305 g/mol. The van der Waals surface area contributed by atoms with Gasteiger partial charge in [-0.2, -0.15) is 5.10 Å². The lowest BCUT2D eigenvalue weighted by molar-refractivity contribution is 0.00578. The molecule has 3 heterocycles. The molecule has 3 rings (SSSR count). The van der Waals surface area contributed by atoms with Crippen molar-refractivity contribution >= 4 is 24.2 Å². The van der Waals surface area contributed by atoms with E-state index in [9.17, 15) is 0 Å². The van der Waals surface area contributed by atoms with Crippen LogP contribution < -0.4 is 5.46 Å². The van der Waals surface area contributed by atoms with Gasteiger partial charge in [-0.15, -0.1) is 0 Å². The van der Waals surface area contributed by atoms with E-state index in [2.05, 4.69) is 10.1 Å². The topological polar surface area (TPSA) is 49.2 Å². The molecule has 0 amide bonds. The second kappa shape index (κ2) is 4.83. The van der Waals surface area contributed by atoms with E-state index >= 15 is 0 Å².